The number of nitrogens with one attached hydrogen (secondary N) is 1. The third-order valence-corrected chi connectivity index (χ3v) is 6.46. The molecular formula is C27H31N3O3. The van der Waals surface area contributed by atoms with Crippen LogP contribution in [-0.2, 0) is 16.0 Å². The van der Waals surface area contributed by atoms with Gasteiger partial charge in [0.2, 0.25) is 5.91 Å². The zero-order valence-electron chi connectivity index (χ0n) is 19.6. The standard InChI is InChI=1S/C27H31N3O3/c1-18-8-9-20(14-19(18)2)15-26(31)30-12-10-21(17-30)25-16-23(27(32)28-11-13-33-3)22-6-4-5-7-24(22)29-25/h4-9,14,16,21H,10-13,15,17H2,1-3H3,(H,28,32)/t21-/m0/s1. The number of carbonyl (C=O) groups excluding carboxylic acids is 2. The van der Waals surface area contributed by atoms with E-state index in [1.807, 2.05) is 41.3 Å². The van der Waals surface area contributed by atoms with Gasteiger partial charge in [0.1, 0.15) is 0 Å². The molecule has 4 rings (SSSR count). The van der Waals surface area contributed by atoms with Crippen molar-refractivity contribution in [3.63, 3.8) is 0 Å². The Morgan fingerprint density at radius 3 is 2.73 bits per heavy atom. The summed E-state index contributed by atoms with van der Waals surface area (Å²) >= 11 is 0. The summed E-state index contributed by atoms with van der Waals surface area (Å²) in [5.41, 5.74) is 5.77. The van der Waals surface area contributed by atoms with Gasteiger partial charge in [-0.1, -0.05) is 36.4 Å². The van der Waals surface area contributed by atoms with Gasteiger partial charge in [-0.25, -0.2) is 0 Å². The van der Waals surface area contributed by atoms with Gasteiger partial charge in [0, 0.05) is 43.7 Å². The van der Waals surface area contributed by atoms with Crippen LogP contribution in [-0.4, -0.2) is 55.0 Å². The maximum absolute atomic E-state index is 13.0. The first-order valence-corrected chi connectivity index (χ1v) is 11.5. The van der Waals surface area contributed by atoms with E-state index in [2.05, 4.69) is 31.3 Å². The molecule has 1 aromatic heterocycles. The number of hydrogen-bond acceptors (Lipinski definition) is 4. The smallest absolute Gasteiger partial charge is 0.252 e. The third-order valence-electron chi connectivity index (χ3n) is 6.46. The van der Waals surface area contributed by atoms with Crippen LogP contribution in [0.2, 0.25) is 0 Å². The van der Waals surface area contributed by atoms with Crippen LogP contribution in [0.15, 0.2) is 48.5 Å². The number of amides is 2. The molecule has 1 atom stereocenters. The molecule has 0 radical (unpaired) electrons. The summed E-state index contributed by atoms with van der Waals surface area (Å²) < 4.78 is 5.05. The topological polar surface area (TPSA) is 71.5 Å². The van der Waals surface area contributed by atoms with Gasteiger partial charge in [-0.2, -0.15) is 0 Å². The van der Waals surface area contributed by atoms with Gasteiger partial charge in [-0.15, -0.1) is 0 Å². The number of ether oxygens (including phenoxy) is 1. The number of aryl methyl sites for hydroxylation is 2. The molecule has 0 spiro atoms. The van der Waals surface area contributed by atoms with Gasteiger partial charge in [0.25, 0.3) is 5.91 Å². The van der Waals surface area contributed by atoms with Crippen molar-refractivity contribution in [2.75, 3.05) is 33.4 Å². The number of fused-ring (bicyclic) bond motifs is 1. The number of rotatable bonds is 7. The monoisotopic (exact) mass is 445 g/mol. The van der Waals surface area contributed by atoms with E-state index >= 15 is 0 Å². The van der Waals surface area contributed by atoms with Crippen molar-refractivity contribution in [1.82, 2.24) is 15.2 Å². The summed E-state index contributed by atoms with van der Waals surface area (Å²) in [6.07, 6.45) is 1.25. The van der Waals surface area contributed by atoms with Gasteiger partial charge in [-0.05, 0) is 49.1 Å². The van der Waals surface area contributed by atoms with E-state index in [-0.39, 0.29) is 17.7 Å². The number of pyridine rings is 1. The molecule has 3 aromatic rings. The number of carbonyl (C=O) groups is 2. The predicted molar refractivity (Wildman–Crippen MR) is 130 cm³/mol. The summed E-state index contributed by atoms with van der Waals surface area (Å²) in [7, 11) is 1.61. The number of likely N-dealkylation sites (tertiary alicyclic amines) is 1. The molecule has 33 heavy (non-hydrogen) atoms. The molecule has 2 heterocycles. The van der Waals surface area contributed by atoms with E-state index < -0.39 is 0 Å². The molecule has 1 fully saturated rings. The van der Waals surface area contributed by atoms with Crippen molar-refractivity contribution in [2.45, 2.75) is 32.6 Å². The Bertz CT molecular complexity index is 1170. The molecule has 6 heteroatoms. The lowest BCUT2D eigenvalue weighted by Crippen LogP contribution is -2.30. The highest BCUT2D eigenvalue weighted by Gasteiger charge is 2.29. The van der Waals surface area contributed by atoms with Crippen LogP contribution >= 0.6 is 0 Å². The van der Waals surface area contributed by atoms with Gasteiger partial charge in [-0.3, -0.25) is 14.6 Å². The Labute approximate surface area is 195 Å². The van der Waals surface area contributed by atoms with Crippen molar-refractivity contribution in [3.05, 3.63) is 76.5 Å². The fraction of sp³-hybridized carbons (Fsp3) is 0.370. The molecule has 0 bridgehead atoms. The minimum atomic E-state index is -0.132. The summed E-state index contributed by atoms with van der Waals surface area (Å²) in [5.74, 6) is 0.121. The van der Waals surface area contributed by atoms with E-state index in [4.69, 9.17) is 9.72 Å². The second kappa shape index (κ2) is 10.1. The summed E-state index contributed by atoms with van der Waals surface area (Å²) in [6, 6.07) is 15.8. The van der Waals surface area contributed by atoms with Crippen molar-refractivity contribution >= 4 is 22.7 Å². The second-order valence-corrected chi connectivity index (χ2v) is 8.78. The molecule has 1 aliphatic heterocycles. The maximum Gasteiger partial charge on any atom is 0.252 e. The number of methoxy groups -OCH3 is 1. The van der Waals surface area contributed by atoms with E-state index in [1.165, 1.54) is 11.1 Å². The van der Waals surface area contributed by atoms with Crippen molar-refractivity contribution in [3.8, 4) is 0 Å². The molecule has 0 aliphatic carbocycles. The normalized spacial score (nSPS) is 15.7. The third kappa shape index (κ3) is 5.22. The average molecular weight is 446 g/mol. The first kappa shape index (κ1) is 22.9. The first-order chi connectivity index (χ1) is 16.0. The molecule has 2 amide bonds. The van der Waals surface area contributed by atoms with Crippen LogP contribution in [0.25, 0.3) is 10.9 Å². The molecule has 0 saturated carbocycles. The molecule has 172 valence electrons. The van der Waals surface area contributed by atoms with Crippen LogP contribution in [0.4, 0.5) is 0 Å². The van der Waals surface area contributed by atoms with Crippen molar-refractivity contribution < 1.29 is 14.3 Å². The summed E-state index contributed by atoms with van der Waals surface area (Å²) in [5, 5.41) is 3.75. The number of hydrogen-bond donors (Lipinski definition) is 1. The summed E-state index contributed by atoms with van der Waals surface area (Å²) in [4.78, 5) is 32.6. The molecule has 1 N–H and O–H groups in total. The highest BCUT2D eigenvalue weighted by atomic mass is 16.5. The minimum absolute atomic E-state index is 0.115. The van der Waals surface area contributed by atoms with Crippen LogP contribution in [0, 0.1) is 13.8 Å². The highest BCUT2D eigenvalue weighted by Crippen LogP contribution is 2.30. The predicted octanol–water partition coefficient (Wildman–Crippen LogP) is 3.79. The first-order valence-electron chi connectivity index (χ1n) is 11.5. The van der Waals surface area contributed by atoms with E-state index in [9.17, 15) is 9.59 Å². The molecular weight excluding hydrogens is 414 g/mol. The van der Waals surface area contributed by atoms with Gasteiger partial charge in [0.15, 0.2) is 0 Å². The zero-order chi connectivity index (χ0) is 23.4. The molecule has 2 aromatic carbocycles. The van der Waals surface area contributed by atoms with Crippen LogP contribution in [0.1, 0.15) is 45.1 Å². The number of benzene rings is 2. The lowest BCUT2D eigenvalue weighted by molar-refractivity contribution is -0.129. The maximum atomic E-state index is 13.0. The Kier molecular flexibility index (Phi) is 7.04. The Hall–Kier alpha value is -3.25. The zero-order valence-corrected chi connectivity index (χ0v) is 19.6. The minimum Gasteiger partial charge on any atom is -0.383 e. The number of nitrogens with zero attached hydrogens (tertiary/aromatic N) is 2. The summed E-state index contributed by atoms with van der Waals surface area (Å²) in [6.45, 7) is 6.39. The van der Waals surface area contributed by atoms with Crippen LogP contribution in [0.3, 0.4) is 0 Å². The van der Waals surface area contributed by atoms with Gasteiger partial charge < -0.3 is 15.0 Å². The van der Waals surface area contributed by atoms with E-state index in [1.54, 1.807) is 7.11 Å². The fourth-order valence-electron chi connectivity index (χ4n) is 4.38. The van der Waals surface area contributed by atoms with Gasteiger partial charge >= 0.3 is 0 Å². The second-order valence-electron chi connectivity index (χ2n) is 8.78. The Morgan fingerprint density at radius 2 is 1.94 bits per heavy atom. The molecule has 0 unspecified atom stereocenters. The van der Waals surface area contributed by atoms with E-state index in [0.717, 1.165) is 28.6 Å². The molecule has 1 aliphatic rings. The Morgan fingerprint density at radius 1 is 1.12 bits per heavy atom. The lowest BCUT2D eigenvalue weighted by Gasteiger charge is -2.18. The fourth-order valence-corrected chi connectivity index (χ4v) is 4.38. The van der Waals surface area contributed by atoms with Crippen molar-refractivity contribution in [1.29, 1.82) is 0 Å². The average Bonchev–Trinajstić information content (AvgIpc) is 3.31. The largest absolute Gasteiger partial charge is 0.383 e. The van der Waals surface area contributed by atoms with E-state index in [0.29, 0.717) is 38.2 Å². The molecule has 1 saturated heterocycles. The SMILES string of the molecule is COCCNC(=O)c1cc([C@H]2CCN(C(=O)Cc3ccc(C)c(C)c3)C2)nc2ccccc12. The molecule has 6 nitrogen and oxygen atoms in total. The number of para-hydroxylation sites is 1. The quantitative estimate of drug-likeness (QED) is 0.562. The number of aromatic nitrogens is 1. The van der Waals surface area contributed by atoms with Crippen LogP contribution in [0.5, 0.6) is 0 Å². The Balaban J connectivity index is 1.51. The highest BCUT2D eigenvalue weighted by molar-refractivity contribution is 6.06. The van der Waals surface area contributed by atoms with Crippen molar-refractivity contribution in [2.24, 2.45) is 0 Å². The lowest BCUT2D eigenvalue weighted by atomic mass is 9.99. The van der Waals surface area contributed by atoms with Crippen LogP contribution < -0.4 is 5.32 Å². The van der Waals surface area contributed by atoms with Gasteiger partial charge in [0.05, 0.1) is 24.1 Å².